The fourth-order valence-electron chi connectivity index (χ4n) is 3.93. The number of carboxylic acid groups (broad SMARTS) is 1. The molecule has 1 atom stereocenters. The minimum atomic E-state index is -1.18. The molecule has 0 aromatic heterocycles. The second kappa shape index (κ2) is 9.94. The number of nitrogens with zero attached hydrogens (tertiary/aromatic N) is 1. The molecular formula is C25H30N2O6. The van der Waals surface area contributed by atoms with E-state index in [1.807, 2.05) is 48.5 Å². The predicted molar refractivity (Wildman–Crippen MR) is 123 cm³/mol. The van der Waals surface area contributed by atoms with Crippen LogP contribution in [0, 0.1) is 0 Å². The molecular weight excluding hydrogens is 424 g/mol. The molecule has 1 aliphatic rings. The lowest BCUT2D eigenvalue weighted by atomic mass is 9.98. The van der Waals surface area contributed by atoms with Crippen LogP contribution in [-0.4, -0.2) is 60.0 Å². The fraction of sp³-hybridized carbons (Fsp3) is 0.400. The van der Waals surface area contributed by atoms with Crippen molar-refractivity contribution in [2.75, 3.05) is 20.2 Å². The molecule has 33 heavy (non-hydrogen) atoms. The van der Waals surface area contributed by atoms with Crippen LogP contribution >= 0.6 is 0 Å². The van der Waals surface area contributed by atoms with Gasteiger partial charge in [-0.1, -0.05) is 48.5 Å². The Morgan fingerprint density at radius 1 is 1.03 bits per heavy atom. The molecule has 0 saturated heterocycles. The second-order valence-corrected chi connectivity index (χ2v) is 8.99. The van der Waals surface area contributed by atoms with E-state index in [0.29, 0.717) is 0 Å². The molecule has 0 radical (unpaired) electrons. The van der Waals surface area contributed by atoms with E-state index in [-0.39, 0.29) is 25.5 Å². The smallest absolute Gasteiger partial charge is 0.410 e. The zero-order chi connectivity index (χ0) is 24.2. The van der Waals surface area contributed by atoms with Gasteiger partial charge in [0.1, 0.15) is 18.2 Å². The summed E-state index contributed by atoms with van der Waals surface area (Å²) in [4.78, 5) is 37.3. The summed E-state index contributed by atoms with van der Waals surface area (Å²) in [5.41, 5.74) is 3.71. The van der Waals surface area contributed by atoms with Gasteiger partial charge in [0.05, 0.1) is 0 Å². The standard InChI is InChI=1S/C25H30N2O6/c1-25(2,3)33-23(30)26-14-13-21(22(28)29)27(4)24(31)32-15-20-18-11-7-5-9-16(18)17-10-6-8-12-19(17)20/h5-12,20-21H,13-15H2,1-4H3,(H,26,30)(H,28,29)/t21-/m0/s1. The van der Waals surface area contributed by atoms with Gasteiger partial charge in [-0.05, 0) is 49.4 Å². The van der Waals surface area contributed by atoms with Gasteiger partial charge in [-0.15, -0.1) is 0 Å². The number of benzene rings is 2. The number of carboxylic acids is 1. The highest BCUT2D eigenvalue weighted by molar-refractivity contribution is 5.81. The van der Waals surface area contributed by atoms with Crippen molar-refractivity contribution >= 4 is 18.2 Å². The normalized spacial score (nSPS) is 13.5. The van der Waals surface area contributed by atoms with E-state index in [9.17, 15) is 19.5 Å². The van der Waals surface area contributed by atoms with Gasteiger partial charge in [-0.25, -0.2) is 14.4 Å². The van der Waals surface area contributed by atoms with Crippen molar-refractivity contribution in [1.29, 1.82) is 0 Å². The minimum absolute atomic E-state index is 0.00920. The summed E-state index contributed by atoms with van der Waals surface area (Å²) < 4.78 is 10.7. The Morgan fingerprint density at radius 3 is 2.09 bits per heavy atom. The minimum Gasteiger partial charge on any atom is -0.480 e. The summed E-state index contributed by atoms with van der Waals surface area (Å²) >= 11 is 0. The Labute approximate surface area is 193 Å². The van der Waals surface area contributed by atoms with Gasteiger partial charge < -0.3 is 19.9 Å². The molecule has 2 aromatic carbocycles. The first-order valence-corrected chi connectivity index (χ1v) is 10.9. The van der Waals surface area contributed by atoms with Gasteiger partial charge in [0.25, 0.3) is 0 Å². The zero-order valence-corrected chi connectivity index (χ0v) is 19.3. The predicted octanol–water partition coefficient (Wildman–Crippen LogP) is 4.24. The highest BCUT2D eigenvalue weighted by atomic mass is 16.6. The molecule has 0 fully saturated rings. The number of carbonyl (C=O) groups excluding carboxylic acids is 2. The van der Waals surface area contributed by atoms with E-state index < -0.39 is 29.8 Å². The van der Waals surface area contributed by atoms with Crippen LogP contribution in [0.2, 0.25) is 0 Å². The van der Waals surface area contributed by atoms with Crippen LogP contribution in [0.3, 0.4) is 0 Å². The quantitative estimate of drug-likeness (QED) is 0.649. The number of carbonyl (C=O) groups is 3. The number of amides is 2. The van der Waals surface area contributed by atoms with Crippen molar-refractivity contribution in [2.45, 2.75) is 44.8 Å². The third-order valence-corrected chi connectivity index (χ3v) is 5.46. The first-order valence-electron chi connectivity index (χ1n) is 10.9. The first-order chi connectivity index (χ1) is 15.6. The number of likely N-dealkylation sites (N-methyl/N-ethyl adjacent to an activating group) is 1. The van der Waals surface area contributed by atoms with E-state index in [1.165, 1.54) is 7.05 Å². The van der Waals surface area contributed by atoms with Crippen LogP contribution in [0.1, 0.15) is 44.2 Å². The van der Waals surface area contributed by atoms with Gasteiger partial charge in [0, 0.05) is 19.5 Å². The monoisotopic (exact) mass is 454 g/mol. The van der Waals surface area contributed by atoms with Crippen molar-refractivity contribution in [3.8, 4) is 11.1 Å². The molecule has 2 N–H and O–H groups in total. The molecule has 8 heteroatoms. The molecule has 0 saturated carbocycles. The Hall–Kier alpha value is -3.55. The number of nitrogens with one attached hydrogen (secondary N) is 1. The molecule has 2 amide bonds. The van der Waals surface area contributed by atoms with E-state index in [2.05, 4.69) is 5.32 Å². The molecule has 176 valence electrons. The number of alkyl carbamates (subject to hydrolysis) is 1. The van der Waals surface area contributed by atoms with Crippen molar-refractivity contribution in [3.05, 3.63) is 59.7 Å². The molecule has 0 spiro atoms. The van der Waals surface area contributed by atoms with Crippen molar-refractivity contribution < 1.29 is 29.0 Å². The number of fused-ring (bicyclic) bond motifs is 3. The third kappa shape index (κ3) is 5.83. The average molecular weight is 455 g/mol. The largest absolute Gasteiger partial charge is 0.480 e. The molecule has 0 aliphatic heterocycles. The van der Waals surface area contributed by atoms with Crippen LogP contribution in [0.25, 0.3) is 11.1 Å². The Balaban J connectivity index is 1.60. The van der Waals surface area contributed by atoms with E-state index in [1.54, 1.807) is 20.8 Å². The molecule has 1 aliphatic carbocycles. The van der Waals surface area contributed by atoms with Gasteiger partial charge in [0.2, 0.25) is 0 Å². The lowest BCUT2D eigenvalue weighted by Gasteiger charge is -2.25. The highest BCUT2D eigenvalue weighted by Gasteiger charge is 2.32. The molecule has 3 rings (SSSR count). The summed E-state index contributed by atoms with van der Waals surface area (Å²) in [6, 6.07) is 14.8. The maximum absolute atomic E-state index is 12.7. The molecule has 0 bridgehead atoms. The summed E-state index contributed by atoms with van der Waals surface area (Å²) in [6.07, 6.45) is -1.37. The summed E-state index contributed by atoms with van der Waals surface area (Å²) in [5.74, 6) is -1.30. The number of aliphatic carboxylic acids is 1. The summed E-state index contributed by atoms with van der Waals surface area (Å²) in [5, 5.41) is 12.1. The van der Waals surface area contributed by atoms with Crippen molar-refractivity contribution in [1.82, 2.24) is 10.2 Å². The highest BCUT2D eigenvalue weighted by Crippen LogP contribution is 2.44. The fourth-order valence-corrected chi connectivity index (χ4v) is 3.93. The summed E-state index contributed by atoms with van der Waals surface area (Å²) in [6.45, 7) is 5.33. The molecule has 2 aromatic rings. The lowest BCUT2D eigenvalue weighted by Crippen LogP contribution is -2.45. The van der Waals surface area contributed by atoms with Crippen LogP contribution in [0.15, 0.2) is 48.5 Å². The number of hydrogen-bond donors (Lipinski definition) is 2. The van der Waals surface area contributed by atoms with E-state index in [0.717, 1.165) is 27.2 Å². The van der Waals surface area contributed by atoms with Gasteiger partial charge in [-0.3, -0.25) is 4.90 Å². The van der Waals surface area contributed by atoms with Gasteiger partial charge in [-0.2, -0.15) is 0 Å². The first kappa shape index (κ1) is 24.1. The van der Waals surface area contributed by atoms with Crippen molar-refractivity contribution in [2.24, 2.45) is 0 Å². The molecule has 0 heterocycles. The average Bonchev–Trinajstić information content (AvgIpc) is 3.07. The molecule has 8 nitrogen and oxygen atoms in total. The maximum atomic E-state index is 12.7. The zero-order valence-electron chi connectivity index (χ0n) is 19.3. The maximum Gasteiger partial charge on any atom is 0.410 e. The van der Waals surface area contributed by atoms with Crippen LogP contribution in [0.4, 0.5) is 9.59 Å². The number of rotatable bonds is 7. The van der Waals surface area contributed by atoms with E-state index in [4.69, 9.17) is 9.47 Å². The Kier molecular flexibility index (Phi) is 7.26. The Morgan fingerprint density at radius 2 is 1.58 bits per heavy atom. The Bertz CT molecular complexity index is 984. The number of hydrogen-bond acceptors (Lipinski definition) is 5. The SMILES string of the molecule is CN(C(=O)OCC1c2ccccc2-c2ccccc21)[C@@H](CCNC(=O)OC(C)(C)C)C(=O)O. The van der Waals surface area contributed by atoms with Crippen LogP contribution < -0.4 is 5.32 Å². The third-order valence-electron chi connectivity index (χ3n) is 5.46. The van der Waals surface area contributed by atoms with Crippen molar-refractivity contribution in [3.63, 3.8) is 0 Å². The van der Waals surface area contributed by atoms with E-state index >= 15 is 0 Å². The lowest BCUT2D eigenvalue weighted by molar-refractivity contribution is -0.142. The molecule has 0 unspecified atom stereocenters. The van der Waals surface area contributed by atoms with Crippen LogP contribution in [0.5, 0.6) is 0 Å². The number of ether oxygens (including phenoxy) is 2. The summed E-state index contributed by atoms with van der Waals surface area (Å²) in [7, 11) is 1.38. The van der Waals surface area contributed by atoms with Gasteiger partial charge >= 0.3 is 18.2 Å². The van der Waals surface area contributed by atoms with Gasteiger partial charge in [0.15, 0.2) is 0 Å². The van der Waals surface area contributed by atoms with Crippen LogP contribution in [-0.2, 0) is 14.3 Å². The second-order valence-electron chi connectivity index (χ2n) is 8.99. The topological polar surface area (TPSA) is 105 Å².